The van der Waals surface area contributed by atoms with Gasteiger partial charge in [0.15, 0.2) is 0 Å². The fraction of sp³-hybridized carbons (Fsp3) is 0.400. The molecule has 0 saturated carbocycles. The molecule has 0 bridgehead atoms. The molecule has 5 nitrogen and oxygen atoms in total. The lowest BCUT2D eigenvalue weighted by Gasteiger charge is -2.02. The Hall–Kier alpha value is -1.50. The van der Waals surface area contributed by atoms with Crippen LogP contribution in [0.3, 0.4) is 0 Å². The van der Waals surface area contributed by atoms with Crippen LogP contribution in [0.15, 0.2) is 24.3 Å². The average molecular weight is 341 g/mol. The lowest BCUT2D eigenvalue weighted by molar-refractivity contribution is 0.102. The molecule has 0 saturated heterocycles. The maximum Gasteiger partial charge on any atom is 0.257 e. The summed E-state index contributed by atoms with van der Waals surface area (Å²) in [5.74, 6) is -0.171. The molecule has 7 heteroatoms. The van der Waals surface area contributed by atoms with Gasteiger partial charge in [0.05, 0.1) is 0 Å². The number of aromatic nitrogens is 2. The molecule has 0 atom stereocenters. The van der Waals surface area contributed by atoms with Gasteiger partial charge in [0.1, 0.15) is 5.01 Å². The summed E-state index contributed by atoms with van der Waals surface area (Å²) in [5.41, 5.74) is 7.13. The van der Waals surface area contributed by atoms with Crippen LogP contribution in [-0.4, -0.2) is 16.1 Å². The highest BCUT2D eigenvalue weighted by molar-refractivity contribution is 7.15. The van der Waals surface area contributed by atoms with Gasteiger partial charge >= 0.3 is 0 Å². The lowest BCUT2D eigenvalue weighted by Crippen LogP contribution is -2.11. The summed E-state index contributed by atoms with van der Waals surface area (Å²) in [5, 5.41) is 12.4. The third-order valence-electron chi connectivity index (χ3n) is 3.13. The average Bonchev–Trinajstić information content (AvgIpc) is 2.95. The van der Waals surface area contributed by atoms with Crippen molar-refractivity contribution in [3.63, 3.8) is 0 Å². The number of aryl methyl sites for hydroxylation is 1. The number of nitrogens with two attached hydrogens (primary N) is 1. The molecule has 2 aromatic rings. The molecule has 1 aromatic heterocycles. The van der Waals surface area contributed by atoms with E-state index in [-0.39, 0.29) is 18.3 Å². The Labute approximate surface area is 140 Å². The number of rotatable bonds is 7. The van der Waals surface area contributed by atoms with Gasteiger partial charge in [0.2, 0.25) is 5.13 Å². The molecule has 0 aliphatic rings. The van der Waals surface area contributed by atoms with E-state index in [0.717, 1.165) is 23.4 Å². The normalized spacial score (nSPS) is 10.1. The third kappa shape index (κ3) is 5.36. The van der Waals surface area contributed by atoms with Crippen LogP contribution in [0.25, 0.3) is 0 Å². The minimum absolute atomic E-state index is 0. The number of anilines is 1. The number of hydrogen-bond acceptors (Lipinski definition) is 5. The van der Waals surface area contributed by atoms with E-state index in [9.17, 15) is 4.79 Å². The van der Waals surface area contributed by atoms with Crippen molar-refractivity contribution >= 4 is 34.8 Å². The molecule has 0 radical (unpaired) electrons. The van der Waals surface area contributed by atoms with Gasteiger partial charge in [-0.15, -0.1) is 22.6 Å². The van der Waals surface area contributed by atoms with Crippen molar-refractivity contribution < 1.29 is 4.79 Å². The van der Waals surface area contributed by atoms with Crippen molar-refractivity contribution in [3.05, 3.63) is 40.4 Å². The first kappa shape index (κ1) is 18.5. The second kappa shape index (κ2) is 9.50. The molecule has 3 N–H and O–H groups in total. The van der Waals surface area contributed by atoms with Gasteiger partial charge < -0.3 is 5.73 Å². The molecular formula is C15H21ClN4OS. The zero-order valence-corrected chi connectivity index (χ0v) is 14.2. The second-order valence-electron chi connectivity index (χ2n) is 4.81. The number of unbranched alkanes of at least 4 members (excludes halogenated alkanes) is 2. The Bertz CT molecular complexity index is 585. The minimum Gasteiger partial charge on any atom is -0.326 e. The highest BCUT2D eigenvalue weighted by Crippen LogP contribution is 2.18. The monoisotopic (exact) mass is 340 g/mol. The van der Waals surface area contributed by atoms with E-state index < -0.39 is 0 Å². The predicted octanol–water partition coefficient (Wildman–Crippen LogP) is 3.40. The third-order valence-corrected chi connectivity index (χ3v) is 4.03. The smallest absolute Gasteiger partial charge is 0.257 e. The van der Waals surface area contributed by atoms with Crippen LogP contribution < -0.4 is 11.1 Å². The van der Waals surface area contributed by atoms with E-state index in [1.54, 1.807) is 12.1 Å². The summed E-state index contributed by atoms with van der Waals surface area (Å²) in [7, 11) is 0. The van der Waals surface area contributed by atoms with Crippen molar-refractivity contribution in [1.29, 1.82) is 0 Å². The molecule has 22 heavy (non-hydrogen) atoms. The molecule has 0 aliphatic heterocycles. The second-order valence-corrected chi connectivity index (χ2v) is 5.88. The predicted molar refractivity (Wildman–Crippen MR) is 92.7 cm³/mol. The van der Waals surface area contributed by atoms with E-state index in [0.29, 0.717) is 17.2 Å². The van der Waals surface area contributed by atoms with Crippen LogP contribution in [-0.2, 0) is 13.0 Å². The summed E-state index contributed by atoms with van der Waals surface area (Å²) < 4.78 is 0. The highest BCUT2D eigenvalue weighted by Gasteiger charge is 2.10. The van der Waals surface area contributed by atoms with E-state index in [1.807, 2.05) is 12.1 Å². The van der Waals surface area contributed by atoms with Gasteiger partial charge in [-0.05, 0) is 24.1 Å². The summed E-state index contributed by atoms with van der Waals surface area (Å²) in [4.78, 5) is 12.1. The molecule has 120 valence electrons. The van der Waals surface area contributed by atoms with Gasteiger partial charge in [-0.3, -0.25) is 10.1 Å². The van der Waals surface area contributed by atoms with Crippen molar-refractivity contribution in [2.75, 3.05) is 5.32 Å². The number of halogens is 1. The van der Waals surface area contributed by atoms with E-state index in [2.05, 4.69) is 22.4 Å². The molecule has 1 heterocycles. The van der Waals surface area contributed by atoms with Gasteiger partial charge in [0.25, 0.3) is 5.91 Å². The number of carbonyl (C=O) groups excluding carboxylic acids is 1. The van der Waals surface area contributed by atoms with E-state index in [4.69, 9.17) is 5.73 Å². The number of hydrogen-bond donors (Lipinski definition) is 2. The Morgan fingerprint density at radius 1 is 1.23 bits per heavy atom. The fourth-order valence-corrected chi connectivity index (χ4v) is 2.67. The zero-order chi connectivity index (χ0) is 15.1. The van der Waals surface area contributed by atoms with Gasteiger partial charge in [-0.1, -0.05) is 43.2 Å². The first-order valence-electron chi connectivity index (χ1n) is 7.15. The largest absolute Gasteiger partial charge is 0.326 e. The first-order valence-corrected chi connectivity index (χ1v) is 7.97. The summed E-state index contributed by atoms with van der Waals surface area (Å²) in [6.45, 7) is 2.64. The van der Waals surface area contributed by atoms with Gasteiger partial charge in [-0.25, -0.2) is 0 Å². The van der Waals surface area contributed by atoms with Crippen molar-refractivity contribution in [2.24, 2.45) is 5.73 Å². The first-order chi connectivity index (χ1) is 10.2. The Kier molecular flexibility index (Phi) is 8.01. The fourth-order valence-electron chi connectivity index (χ4n) is 1.89. The van der Waals surface area contributed by atoms with Gasteiger partial charge in [0, 0.05) is 18.5 Å². The molecule has 0 spiro atoms. The summed E-state index contributed by atoms with van der Waals surface area (Å²) >= 11 is 1.44. The molecule has 0 fully saturated rings. The molecule has 1 amide bonds. The zero-order valence-electron chi connectivity index (χ0n) is 12.5. The van der Waals surface area contributed by atoms with Crippen molar-refractivity contribution in [3.8, 4) is 0 Å². The topological polar surface area (TPSA) is 80.9 Å². The molecule has 1 aromatic carbocycles. The number of benzene rings is 1. The minimum atomic E-state index is -0.171. The van der Waals surface area contributed by atoms with Crippen LogP contribution in [0.2, 0.25) is 0 Å². The molecule has 0 aliphatic carbocycles. The maximum absolute atomic E-state index is 12.1. The van der Waals surface area contributed by atoms with Crippen LogP contribution in [0.5, 0.6) is 0 Å². The van der Waals surface area contributed by atoms with Gasteiger partial charge in [-0.2, -0.15) is 0 Å². The van der Waals surface area contributed by atoms with Crippen LogP contribution >= 0.6 is 23.7 Å². The Morgan fingerprint density at radius 2 is 1.95 bits per heavy atom. The van der Waals surface area contributed by atoms with Crippen LogP contribution in [0.1, 0.15) is 47.1 Å². The summed E-state index contributed by atoms with van der Waals surface area (Å²) in [6.07, 6.45) is 4.40. The number of nitrogens with one attached hydrogen (secondary N) is 1. The lowest BCUT2D eigenvalue weighted by atomic mass is 10.1. The molecule has 2 rings (SSSR count). The Morgan fingerprint density at radius 3 is 2.59 bits per heavy atom. The number of carbonyl (C=O) groups is 1. The van der Waals surface area contributed by atoms with Crippen LogP contribution in [0.4, 0.5) is 5.13 Å². The highest BCUT2D eigenvalue weighted by atomic mass is 35.5. The quantitative estimate of drug-likeness (QED) is 0.757. The SMILES string of the molecule is CCCCCc1nnc(NC(=O)c2ccc(CN)cc2)s1.Cl. The van der Waals surface area contributed by atoms with E-state index >= 15 is 0 Å². The molecule has 0 unspecified atom stereocenters. The maximum atomic E-state index is 12.1. The van der Waals surface area contributed by atoms with Crippen molar-refractivity contribution in [1.82, 2.24) is 10.2 Å². The molecular weight excluding hydrogens is 320 g/mol. The van der Waals surface area contributed by atoms with Crippen molar-refractivity contribution in [2.45, 2.75) is 39.2 Å². The number of amides is 1. The van der Waals surface area contributed by atoms with E-state index in [1.165, 1.54) is 24.2 Å². The standard InChI is InChI=1S/C15H20N4OS.ClH/c1-2-3-4-5-13-18-19-15(21-13)17-14(20)12-8-6-11(10-16)7-9-12;/h6-9H,2-5,10,16H2,1H3,(H,17,19,20);1H. The van der Waals surface area contributed by atoms with Crippen LogP contribution in [0, 0.1) is 0 Å². The number of nitrogens with zero attached hydrogens (tertiary/aromatic N) is 2. The summed E-state index contributed by atoms with van der Waals surface area (Å²) in [6, 6.07) is 7.23. The Balaban J connectivity index is 0.00000242.